The summed E-state index contributed by atoms with van der Waals surface area (Å²) in [6.45, 7) is 10.8. The van der Waals surface area contributed by atoms with Crippen LogP contribution in [0.1, 0.15) is 45.0 Å². The van der Waals surface area contributed by atoms with Crippen molar-refractivity contribution >= 4 is 27.7 Å². The van der Waals surface area contributed by atoms with E-state index in [0.717, 1.165) is 0 Å². The van der Waals surface area contributed by atoms with Gasteiger partial charge in [-0.25, -0.2) is 4.98 Å². The van der Waals surface area contributed by atoms with Crippen molar-refractivity contribution in [3.05, 3.63) is 42.0 Å². The van der Waals surface area contributed by atoms with Crippen LogP contribution < -0.4 is 10.1 Å². The number of nitrogens with one attached hydrogen (secondary N) is 3. The Bertz CT molecular complexity index is 846. The minimum atomic E-state index is -0.230. The number of hydrogen-bond donors (Lipinski definition) is 3. The summed E-state index contributed by atoms with van der Waals surface area (Å²) >= 11 is 1.19. The summed E-state index contributed by atoms with van der Waals surface area (Å²) in [6, 6.07) is 5.71. The second-order valence-corrected chi connectivity index (χ2v) is 9.49. The predicted octanol–water partition coefficient (Wildman–Crippen LogP) is 5.11. The summed E-state index contributed by atoms with van der Waals surface area (Å²) < 4.78 is 5.68. The zero-order valence-corrected chi connectivity index (χ0v) is 19.3. The molecule has 8 heteroatoms. The van der Waals surface area contributed by atoms with Gasteiger partial charge in [-0.05, 0) is 44.2 Å². The van der Waals surface area contributed by atoms with Gasteiger partial charge in [0.05, 0.1) is 23.2 Å². The molecule has 1 aliphatic rings. The Balaban J connectivity index is 0.000000386. The van der Waals surface area contributed by atoms with E-state index in [2.05, 4.69) is 20.3 Å². The summed E-state index contributed by atoms with van der Waals surface area (Å²) in [6.07, 6.45) is 6.08. The Morgan fingerprint density at radius 2 is 1.97 bits per heavy atom. The van der Waals surface area contributed by atoms with Gasteiger partial charge in [0, 0.05) is 23.9 Å². The van der Waals surface area contributed by atoms with Crippen molar-refractivity contribution < 1.29 is 4.74 Å². The number of ether oxygens (including phenoxy) is 1. The number of aryl methyl sites for hydroxylation is 2. The third-order valence-corrected chi connectivity index (χ3v) is 5.33. The van der Waals surface area contributed by atoms with E-state index in [4.69, 9.17) is 15.6 Å². The molecule has 30 heavy (non-hydrogen) atoms. The van der Waals surface area contributed by atoms with Gasteiger partial charge in [-0.3, -0.25) is 15.8 Å². The number of aromatic nitrogens is 3. The van der Waals surface area contributed by atoms with E-state index in [0.29, 0.717) is 46.7 Å². The number of anilines is 1. The van der Waals surface area contributed by atoms with Crippen LogP contribution in [0.25, 0.3) is 0 Å². The Morgan fingerprint density at radius 3 is 2.50 bits per heavy atom. The summed E-state index contributed by atoms with van der Waals surface area (Å²) in [7, 11) is 0. The van der Waals surface area contributed by atoms with Gasteiger partial charge in [-0.15, -0.1) is 0 Å². The zero-order valence-electron chi connectivity index (χ0n) is 18.5. The first-order valence-electron chi connectivity index (χ1n) is 10.1. The molecule has 3 N–H and O–H groups in total. The van der Waals surface area contributed by atoms with Gasteiger partial charge in [-0.2, -0.15) is 4.98 Å². The first-order valence-corrected chi connectivity index (χ1v) is 10.9. The third-order valence-electron chi connectivity index (χ3n) is 4.12. The molecule has 0 unspecified atom stereocenters. The Kier molecular flexibility index (Phi) is 8.77. The average molecular weight is 429 g/mol. The number of rotatable bonds is 6. The fourth-order valence-corrected chi connectivity index (χ4v) is 2.82. The van der Waals surface area contributed by atoms with Gasteiger partial charge < -0.3 is 10.1 Å². The number of nitrogens with zero attached hydrogens (tertiary/aromatic N) is 3. The Morgan fingerprint density at radius 1 is 1.23 bits per heavy atom. The molecular formula is C22H32N6OS. The summed E-state index contributed by atoms with van der Waals surface area (Å²) in [5.41, 5.74) is 0.981. The normalized spacial score (nSPS) is 13.1. The lowest BCUT2D eigenvalue weighted by atomic mass is 9.99. The van der Waals surface area contributed by atoms with Gasteiger partial charge in [0.15, 0.2) is 0 Å². The van der Waals surface area contributed by atoms with Crippen LogP contribution in [0.3, 0.4) is 0 Å². The lowest BCUT2D eigenvalue weighted by Crippen LogP contribution is -2.20. The van der Waals surface area contributed by atoms with Crippen LogP contribution in [0.5, 0.6) is 5.88 Å². The van der Waals surface area contributed by atoms with E-state index in [-0.39, 0.29) is 5.41 Å². The van der Waals surface area contributed by atoms with Gasteiger partial charge in [0.2, 0.25) is 5.88 Å². The Labute approximate surface area is 183 Å². The molecule has 0 bridgehead atoms. The van der Waals surface area contributed by atoms with Gasteiger partial charge in [0.25, 0.3) is 0 Å². The number of thioether (sulfide) groups is 1. The van der Waals surface area contributed by atoms with Crippen molar-refractivity contribution in [3.8, 4) is 5.88 Å². The lowest BCUT2D eigenvalue weighted by Gasteiger charge is -2.19. The van der Waals surface area contributed by atoms with E-state index in [1.165, 1.54) is 30.2 Å². The van der Waals surface area contributed by atoms with Crippen molar-refractivity contribution in [2.75, 3.05) is 18.5 Å². The van der Waals surface area contributed by atoms with Crippen LogP contribution in [-0.2, 0) is 0 Å². The monoisotopic (exact) mass is 428 g/mol. The topological polar surface area (TPSA) is 108 Å². The second kappa shape index (κ2) is 11.1. The van der Waals surface area contributed by atoms with E-state index < -0.39 is 0 Å². The molecule has 0 atom stereocenters. The smallest absolute Gasteiger partial charge is 0.218 e. The predicted molar refractivity (Wildman–Crippen MR) is 125 cm³/mol. The van der Waals surface area contributed by atoms with Gasteiger partial charge in [-0.1, -0.05) is 38.6 Å². The molecular weight excluding hydrogens is 396 g/mol. The van der Waals surface area contributed by atoms with Crippen molar-refractivity contribution in [3.63, 3.8) is 0 Å². The molecule has 0 aromatic carbocycles. The van der Waals surface area contributed by atoms with Crippen molar-refractivity contribution in [1.29, 1.82) is 10.8 Å². The maximum atomic E-state index is 7.99. The molecule has 0 radical (unpaired) electrons. The van der Waals surface area contributed by atoms with E-state index >= 15 is 0 Å². The fourth-order valence-electron chi connectivity index (χ4n) is 2.12. The quantitative estimate of drug-likeness (QED) is 0.436. The largest absolute Gasteiger partial charge is 0.477 e. The van der Waals surface area contributed by atoms with Crippen LogP contribution in [0.4, 0.5) is 5.82 Å². The molecule has 162 valence electrons. The molecule has 2 heterocycles. The second-order valence-electron chi connectivity index (χ2n) is 8.38. The summed E-state index contributed by atoms with van der Waals surface area (Å²) in [5, 5.41) is 19.9. The minimum Gasteiger partial charge on any atom is -0.477 e. The number of hydrogen-bond acceptors (Lipinski definition) is 8. The molecule has 1 fully saturated rings. The molecule has 0 saturated heterocycles. The maximum Gasteiger partial charge on any atom is 0.218 e. The standard InChI is InChI=1S/C16H25N5OS.C6H7N/c1-10-20-13(7-14(21-10)22-9-11-5-6-11)19-8-12(17)23-15(18)16(2,3)4;1-6-3-2-4-7-5-6/h7,11,17-18H,5-6,8-9H2,1-4H3,(H,19,20,21);2-5H,1H3. The third kappa shape index (κ3) is 9.35. The molecule has 0 aliphatic heterocycles. The average Bonchev–Trinajstić information content (AvgIpc) is 3.49. The molecule has 0 amide bonds. The summed E-state index contributed by atoms with van der Waals surface area (Å²) in [5.74, 6) is 2.54. The highest BCUT2D eigenvalue weighted by molar-refractivity contribution is 8.26. The fraction of sp³-hybridized carbons (Fsp3) is 0.500. The first-order chi connectivity index (χ1) is 14.1. The lowest BCUT2D eigenvalue weighted by molar-refractivity contribution is 0.287. The van der Waals surface area contributed by atoms with E-state index in [9.17, 15) is 0 Å². The van der Waals surface area contributed by atoms with Gasteiger partial charge >= 0.3 is 0 Å². The first kappa shape index (κ1) is 23.8. The van der Waals surface area contributed by atoms with Crippen LogP contribution in [-0.4, -0.2) is 38.2 Å². The zero-order chi connectivity index (χ0) is 22.1. The highest BCUT2D eigenvalue weighted by Crippen LogP contribution is 2.29. The molecule has 1 saturated carbocycles. The highest BCUT2D eigenvalue weighted by atomic mass is 32.2. The summed E-state index contributed by atoms with van der Waals surface area (Å²) in [4.78, 5) is 12.5. The van der Waals surface area contributed by atoms with E-state index in [1.807, 2.05) is 52.9 Å². The molecule has 0 spiro atoms. The Hall–Kier alpha value is -2.48. The van der Waals surface area contributed by atoms with Gasteiger partial charge in [0.1, 0.15) is 11.6 Å². The van der Waals surface area contributed by atoms with Crippen molar-refractivity contribution in [2.45, 2.75) is 47.5 Å². The van der Waals surface area contributed by atoms with Crippen LogP contribution in [0.2, 0.25) is 0 Å². The highest BCUT2D eigenvalue weighted by Gasteiger charge is 2.22. The van der Waals surface area contributed by atoms with E-state index in [1.54, 1.807) is 12.3 Å². The minimum absolute atomic E-state index is 0.230. The molecule has 3 rings (SSSR count). The van der Waals surface area contributed by atoms with Crippen molar-refractivity contribution in [1.82, 2.24) is 15.0 Å². The molecule has 2 aromatic rings. The molecule has 7 nitrogen and oxygen atoms in total. The van der Waals surface area contributed by atoms with Crippen LogP contribution in [0, 0.1) is 36.0 Å². The van der Waals surface area contributed by atoms with Crippen molar-refractivity contribution in [2.24, 2.45) is 11.3 Å². The molecule has 2 aromatic heterocycles. The van der Waals surface area contributed by atoms with Crippen LogP contribution >= 0.6 is 11.8 Å². The SMILES string of the molecule is Cc1cccnc1.Cc1nc(NCC(=N)SC(=N)C(C)(C)C)cc(OCC2CC2)n1. The molecule has 1 aliphatic carbocycles. The van der Waals surface area contributed by atoms with Crippen LogP contribution in [0.15, 0.2) is 30.6 Å². The number of pyridine rings is 1. The maximum absolute atomic E-state index is 7.99.